The van der Waals surface area contributed by atoms with Crippen molar-refractivity contribution in [1.29, 1.82) is 0 Å². The van der Waals surface area contributed by atoms with Gasteiger partial charge in [-0.1, -0.05) is 26.7 Å². The van der Waals surface area contributed by atoms with E-state index in [1.54, 1.807) is 12.1 Å². The molecule has 1 saturated heterocycles. The first kappa shape index (κ1) is 18.4. The molecule has 1 aliphatic heterocycles. The molecule has 134 valence electrons. The highest BCUT2D eigenvalue weighted by atomic mass is 16.3. The van der Waals surface area contributed by atoms with E-state index in [1.165, 1.54) is 25.5 Å². The highest BCUT2D eigenvalue weighted by Crippen LogP contribution is 2.28. The topological polar surface area (TPSA) is 69.9 Å². The summed E-state index contributed by atoms with van der Waals surface area (Å²) in [7, 11) is 1.81. The van der Waals surface area contributed by atoms with E-state index in [1.807, 2.05) is 7.05 Å². The van der Waals surface area contributed by atoms with Crippen LogP contribution in [-0.4, -0.2) is 50.0 Å². The van der Waals surface area contributed by atoms with E-state index in [0.29, 0.717) is 18.8 Å². The van der Waals surface area contributed by atoms with Crippen molar-refractivity contribution in [3.05, 3.63) is 24.2 Å². The van der Waals surface area contributed by atoms with Gasteiger partial charge in [-0.25, -0.2) is 0 Å². The summed E-state index contributed by atoms with van der Waals surface area (Å²) in [4.78, 5) is 18.5. The van der Waals surface area contributed by atoms with Crippen LogP contribution in [0.3, 0.4) is 0 Å². The smallest absolute Gasteiger partial charge is 0.287 e. The normalized spacial score (nSPS) is 18.2. The van der Waals surface area contributed by atoms with Gasteiger partial charge < -0.3 is 20.0 Å². The summed E-state index contributed by atoms with van der Waals surface area (Å²) in [6.07, 6.45) is 5.24. The van der Waals surface area contributed by atoms with E-state index in [2.05, 4.69) is 34.4 Å². The van der Waals surface area contributed by atoms with Gasteiger partial charge >= 0.3 is 0 Å². The standard InChI is InChI=1S/C18H30N4O2/c1-4-14(5-2)15-8-11-22(13-15)18(19-3)21-10-9-20-17(23)16-7-6-12-24-16/h6-7,12,14-15H,4-5,8-11,13H2,1-3H3,(H,19,21)(H,20,23). The average molecular weight is 334 g/mol. The second kappa shape index (κ2) is 9.35. The molecule has 0 radical (unpaired) electrons. The summed E-state index contributed by atoms with van der Waals surface area (Å²) < 4.78 is 5.07. The fourth-order valence-corrected chi connectivity index (χ4v) is 3.50. The van der Waals surface area contributed by atoms with E-state index in [-0.39, 0.29) is 5.91 Å². The summed E-state index contributed by atoms with van der Waals surface area (Å²) in [5, 5.41) is 6.17. The minimum atomic E-state index is -0.188. The highest BCUT2D eigenvalue weighted by Gasteiger charge is 2.29. The quantitative estimate of drug-likeness (QED) is 0.456. The van der Waals surface area contributed by atoms with Gasteiger partial charge in [-0.2, -0.15) is 0 Å². The maximum atomic E-state index is 11.8. The molecule has 2 heterocycles. The van der Waals surface area contributed by atoms with Crippen LogP contribution < -0.4 is 10.6 Å². The van der Waals surface area contributed by atoms with Gasteiger partial charge in [0, 0.05) is 33.2 Å². The van der Waals surface area contributed by atoms with Crippen molar-refractivity contribution < 1.29 is 9.21 Å². The second-order valence-electron chi connectivity index (χ2n) is 6.28. The number of nitrogens with zero attached hydrogens (tertiary/aromatic N) is 2. The zero-order valence-electron chi connectivity index (χ0n) is 15.0. The molecule has 1 aliphatic rings. The maximum absolute atomic E-state index is 11.8. The number of furan rings is 1. The fourth-order valence-electron chi connectivity index (χ4n) is 3.50. The molecule has 0 bridgehead atoms. The third kappa shape index (κ3) is 4.76. The first-order chi connectivity index (χ1) is 11.7. The zero-order valence-corrected chi connectivity index (χ0v) is 15.0. The monoisotopic (exact) mass is 334 g/mol. The van der Waals surface area contributed by atoms with Crippen molar-refractivity contribution in [1.82, 2.24) is 15.5 Å². The lowest BCUT2D eigenvalue weighted by molar-refractivity contribution is 0.0926. The predicted molar refractivity (Wildman–Crippen MR) is 96.2 cm³/mol. The largest absolute Gasteiger partial charge is 0.459 e. The van der Waals surface area contributed by atoms with E-state index >= 15 is 0 Å². The lowest BCUT2D eigenvalue weighted by atomic mass is 9.87. The van der Waals surface area contributed by atoms with Gasteiger partial charge in [-0.15, -0.1) is 0 Å². The van der Waals surface area contributed by atoms with Gasteiger partial charge in [0.2, 0.25) is 0 Å². The molecule has 1 fully saturated rings. The number of aliphatic imine (C=N–C) groups is 1. The molecule has 1 amide bonds. The van der Waals surface area contributed by atoms with Gasteiger partial charge in [-0.05, 0) is 30.4 Å². The molecule has 0 aliphatic carbocycles. The molecule has 1 aromatic heterocycles. The number of hydrogen-bond donors (Lipinski definition) is 2. The van der Waals surface area contributed by atoms with Crippen molar-refractivity contribution in [2.75, 3.05) is 33.2 Å². The third-order valence-corrected chi connectivity index (χ3v) is 4.89. The van der Waals surface area contributed by atoms with Crippen molar-refractivity contribution >= 4 is 11.9 Å². The van der Waals surface area contributed by atoms with Crippen molar-refractivity contribution in [2.45, 2.75) is 33.1 Å². The third-order valence-electron chi connectivity index (χ3n) is 4.89. The van der Waals surface area contributed by atoms with E-state index in [4.69, 9.17) is 4.42 Å². The Morgan fingerprint density at radius 1 is 1.38 bits per heavy atom. The molecule has 0 saturated carbocycles. The molecule has 6 nitrogen and oxygen atoms in total. The molecule has 1 atom stereocenters. The molecule has 2 N–H and O–H groups in total. The lowest BCUT2D eigenvalue weighted by Gasteiger charge is -2.24. The molecule has 0 aromatic carbocycles. The number of hydrogen-bond acceptors (Lipinski definition) is 3. The summed E-state index contributed by atoms with van der Waals surface area (Å²) >= 11 is 0. The van der Waals surface area contributed by atoms with Crippen LogP contribution in [0.5, 0.6) is 0 Å². The Morgan fingerprint density at radius 2 is 2.12 bits per heavy atom. The van der Waals surface area contributed by atoms with Crippen molar-refractivity contribution in [3.63, 3.8) is 0 Å². The molecular weight excluding hydrogens is 304 g/mol. The van der Waals surface area contributed by atoms with E-state index in [0.717, 1.165) is 30.9 Å². The number of nitrogens with one attached hydrogen (secondary N) is 2. The molecule has 2 rings (SSSR count). The van der Waals surface area contributed by atoms with Crippen molar-refractivity contribution in [2.24, 2.45) is 16.8 Å². The number of rotatable bonds is 7. The fraction of sp³-hybridized carbons (Fsp3) is 0.667. The van der Waals surface area contributed by atoms with E-state index in [9.17, 15) is 4.79 Å². The van der Waals surface area contributed by atoms with Gasteiger partial charge in [0.1, 0.15) is 0 Å². The van der Waals surface area contributed by atoms with Crippen LogP contribution in [0, 0.1) is 11.8 Å². The predicted octanol–water partition coefficient (Wildman–Crippen LogP) is 2.34. The van der Waals surface area contributed by atoms with Crippen LogP contribution in [0.1, 0.15) is 43.7 Å². The van der Waals surface area contributed by atoms with Crippen LogP contribution in [0.2, 0.25) is 0 Å². The zero-order chi connectivity index (χ0) is 17.4. The SMILES string of the molecule is CCC(CC)C1CCN(C(=NC)NCCNC(=O)c2ccco2)C1. The highest BCUT2D eigenvalue weighted by molar-refractivity contribution is 5.91. The second-order valence-corrected chi connectivity index (χ2v) is 6.28. The Bertz CT molecular complexity index is 523. The Morgan fingerprint density at radius 3 is 2.75 bits per heavy atom. The Balaban J connectivity index is 1.72. The molecule has 24 heavy (non-hydrogen) atoms. The Kier molecular flexibility index (Phi) is 7.15. The number of amides is 1. The van der Waals surface area contributed by atoms with Crippen LogP contribution in [0.15, 0.2) is 27.8 Å². The Labute approximate surface area is 144 Å². The molecule has 1 unspecified atom stereocenters. The number of carbonyl (C=O) groups excluding carboxylic acids is 1. The first-order valence-corrected chi connectivity index (χ1v) is 8.96. The molecular formula is C18H30N4O2. The maximum Gasteiger partial charge on any atom is 0.287 e. The number of carbonyl (C=O) groups is 1. The van der Waals surface area contributed by atoms with E-state index < -0.39 is 0 Å². The molecule has 6 heteroatoms. The van der Waals surface area contributed by atoms with Gasteiger partial charge in [0.15, 0.2) is 11.7 Å². The first-order valence-electron chi connectivity index (χ1n) is 8.96. The summed E-state index contributed by atoms with van der Waals surface area (Å²) in [6.45, 7) is 7.87. The summed E-state index contributed by atoms with van der Waals surface area (Å²) in [5.41, 5.74) is 0. The summed E-state index contributed by atoms with van der Waals surface area (Å²) in [6, 6.07) is 3.36. The van der Waals surface area contributed by atoms with Crippen LogP contribution in [0.25, 0.3) is 0 Å². The van der Waals surface area contributed by atoms with Gasteiger partial charge in [0.05, 0.1) is 6.26 Å². The average Bonchev–Trinajstić information content (AvgIpc) is 3.28. The number of guanidine groups is 1. The van der Waals surface area contributed by atoms with Gasteiger partial charge in [0.25, 0.3) is 5.91 Å². The Hall–Kier alpha value is -1.98. The number of likely N-dealkylation sites (tertiary alicyclic amines) is 1. The molecule has 1 aromatic rings. The minimum absolute atomic E-state index is 0.188. The van der Waals surface area contributed by atoms with Crippen molar-refractivity contribution in [3.8, 4) is 0 Å². The van der Waals surface area contributed by atoms with Gasteiger partial charge in [-0.3, -0.25) is 9.79 Å². The minimum Gasteiger partial charge on any atom is -0.459 e. The van der Waals surface area contributed by atoms with Crippen LogP contribution in [0.4, 0.5) is 0 Å². The van der Waals surface area contributed by atoms with Crippen LogP contribution in [-0.2, 0) is 0 Å². The van der Waals surface area contributed by atoms with Crippen LogP contribution >= 0.6 is 0 Å². The lowest BCUT2D eigenvalue weighted by Crippen LogP contribution is -2.43. The summed E-state index contributed by atoms with van der Waals surface area (Å²) in [5.74, 6) is 2.65. The molecule has 0 spiro atoms.